The summed E-state index contributed by atoms with van der Waals surface area (Å²) in [4.78, 5) is 30.0. The van der Waals surface area contributed by atoms with E-state index in [2.05, 4.69) is 24.8 Å². The predicted molar refractivity (Wildman–Crippen MR) is 95.4 cm³/mol. The molecule has 2 aromatic heterocycles. The van der Waals surface area contributed by atoms with Crippen LogP contribution < -0.4 is 5.32 Å². The number of nitrogens with one attached hydrogen (secondary N) is 1. The Bertz CT molecular complexity index is 876. The topological polar surface area (TPSA) is 213 Å². The van der Waals surface area contributed by atoms with E-state index in [9.17, 15) is 19.9 Å². The van der Waals surface area contributed by atoms with E-state index in [0.717, 1.165) is 0 Å². The van der Waals surface area contributed by atoms with Gasteiger partial charge in [-0.25, -0.2) is 19.5 Å². The molecular weight excluding hydrogens is 413 g/mol. The largest absolute Gasteiger partial charge is 0.469 e. The lowest BCUT2D eigenvalue weighted by molar-refractivity contribution is -0.0424. The summed E-state index contributed by atoms with van der Waals surface area (Å²) >= 11 is 0. The fourth-order valence-electron chi connectivity index (χ4n) is 2.86. The van der Waals surface area contributed by atoms with E-state index in [-0.39, 0.29) is 18.8 Å². The summed E-state index contributed by atoms with van der Waals surface area (Å²) in [5.74, 6) is 0.276. The molecule has 0 saturated carbocycles. The van der Waals surface area contributed by atoms with Crippen molar-refractivity contribution in [3.05, 3.63) is 12.7 Å². The summed E-state index contributed by atoms with van der Waals surface area (Å²) in [5.41, 5.74) is 0.694. The summed E-state index contributed by atoms with van der Waals surface area (Å²) < 4.78 is 22.4. The highest BCUT2D eigenvalue weighted by Crippen LogP contribution is 2.38. The Labute approximate surface area is 164 Å². The van der Waals surface area contributed by atoms with Gasteiger partial charge in [0.2, 0.25) is 0 Å². The highest BCUT2D eigenvalue weighted by molar-refractivity contribution is 7.46. The average molecular weight is 435 g/mol. The van der Waals surface area contributed by atoms with Crippen molar-refractivity contribution in [1.29, 1.82) is 0 Å². The number of hydrogen-bond acceptors (Lipinski definition) is 11. The molecule has 0 bridgehead atoms. The molecule has 5 atom stereocenters. The van der Waals surface area contributed by atoms with Crippen molar-refractivity contribution in [3.63, 3.8) is 0 Å². The number of imidazole rings is 1. The summed E-state index contributed by atoms with van der Waals surface area (Å²) in [7, 11) is -4.69. The molecule has 162 valence electrons. The number of aliphatic hydroxyl groups is 4. The summed E-state index contributed by atoms with van der Waals surface area (Å²) in [6.45, 7) is -1.17. The second-order valence-corrected chi connectivity index (χ2v) is 7.70. The molecule has 0 aliphatic carbocycles. The highest BCUT2D eigenvalue weighted by atomic mass is 31.2. The van der Waals surface area contributed by atoms with Crippen molar-refractivity contribution in [3.8, 4) is 0 Å². The predicted octanol–water partition coefficient (Wildman–Crippen LogP) is -2.29. The molecule has 29 heavy (non-hydrogen) atoms. The lowest BCUT2D eigenvalue weighted by atomic mass is 10.2. The summed E-state index contributed by atoms with van der Waals surface area (Å²) in [6, 6.07) is 0. The Kier molecular flexibility index (Phi) is 6.78. The number of hydrogen-bond donors (Lipinski definition) is 7. The Hall–Kier alpha value is -1.74. The van der Waals surface area contributed by atoms with E-state index < -0.39 is 51.7 Å². The van der Waals surface area contributed by atoms with Crippen LogP contribution in [-0.2, 0) is 13.8 Å². The molecule has 2 aromatic rings. The van der Waals surface area contributed by atoms with Gasteiger partial charge >= 0.3 is 7.82 Å². The van der Waals surface area contributed by atoms with Crippen LogP contribution in [-0.4, -0.2) is 93.9 Å². The molecule has 1 saturated heterocycles. The minimum Gasteiger partial charge on any atom is -0.394 e. The number of nitrogens with zero attached hydrogens (tertiary/aromatic N) is 4. The third-order valence-electron chi connectivity index (χ3n) is 4.39. The summed E-state index contributed by atoms with van der Waals surface area (Å²) in [6.07, 6.45) is -2.42. The van der Waals surface area contributed by atoms with Crippen LogP contribution in [0.15, 0.2) is 12.7 Å². The van der Waals surface area contributed by atoms with Gasteiger partial charge in [0.1, 0.15) is 24.8 Å². The molecule has 0 spiro atoms. The first kappa shape index (κ1) is 22.0. The number of phosphoric ester groups is 1. The van der Waals surface area contributed by atoms with Crippen molar-refractivity contribution in [2.45, 2.75) is 37.1 Å². The molecule has 7 N–H and O–H groups in total. The number of aliphatic hydroxyl groups excluding tert-OH is 4. The van der Waals surface area contributed by atoms with Crippen molar-refractivity contribution >= 4 is 24.8 Å². The van der Waals surface area contributed by atoms with Crippen LogP contribution in [0.3, 0.4) is 0 Å². The smallest absolute Gasteiger partial charge is 0.394 e. The molecular formula is C14H22N5O9P. The Morgan fingerprint density at radius 2 is 2.07 bits per heavy atom. The highest BCUT2D eigenvalue weighted by Gasteiger charge is 2.37. The van der Waals surface area contributed by atoms with Gasteiger partial charge in [-0.2, -0.15) is 0 Å². The minimum atomic E-state index is -4.69. The lowest BCUT2D eigenvalue weighted by Crippen LogP contribution is -2.35. The molecule has 3 rings (SSSR count). The number of phosphoric acid groups is 1. The van der Waals surface area contributed by atoms with Gasteiger partial charge in [-0.1, -0.05) is 0 Å². The molecule has 1 fully saturated rings. The maximum atomic E-state index is 10.8. The van der Waals surface area contributed by atoms with Gasteiger partial charge in [0.15, 0.2) is 17.0 Å². The van der Waals surface area contributed by atoms with E-state index >= 15 is 0 Å². The Morgan fingerprint density at radius 3 is 2.76 bits per heavy atom. The molecule has 3 heterocycles. The van der Waals surface area contributed by atoms with E-state index in [1.165, 1.54) is 17.2 Å². The number of aromatic nitrogens is 4. The van der Waals surface area contributed by atoms with Crippen molar-refractivity contribution < 1.29 is 44.0 Å². The molecule has 0 radical (unpaired) electrons. The van der Waals surface area contributed by atoms with Gasteiger partial charge in [-0.15, -0.1) is 0 Å². The normalized spacial score (nSPS) is 24.7. The molecule has 0 unspecified atom stereocenters. The zero-order valence-electron chi connectivity index (χ0n) is 15.0. The summed E-state index contributed by atoms with van der Waals surface area (Å²) in [5, 5.41) is 40.9. The van der Waals surface area contributed by atoms with Gasteiger partial charge in [0.25, 0.3) is 0 Å². The standard InChI is InChI=1S/C14H22N5O9P/c20-3-9(23)8(22)2-15-13-12-14(17-5-16-13)19(6-18-12)11-1-7(21)10(28-11)4-27-29(24,25)26/h5-11,20-23H,1-4H2,(H,15,16,17)(H2,24,25,26)/t7-,8+,9-,10+,11+/m0/s1. The van der Waals surface area contributed by atoms with Crippen LogP contribution in [0.25, 0.3) is 11.2 Å². The van der Waals surface area contributed by atoms with Crippen LogP contribution in [0.1, 0.15) is 12.6 Å². The van der Waals surface area contributed by atoms with Crippen molar-refractivity contribution in [1.82, 2.24) is 19.5 Å². The fraction of sp³-hybridized carbons (Fsp3) is 0.643. The number of anilines is 1. The zero-order chi connectivity index (χ0) is 21.2. The van der Waals surface area contributed by atoms with Gasteiger partial charge in [-0.3, -0.25) is 9.09 Å². The van der Waals surface area contributed by atoms with Crippen molar-refractivity contribution in [2.75, 3.05) is 25.1 Å². The second-order valence-electron chi connectivity index (χ2n) is 6.46. The molecule has 1 aliphatic heterocycles. The van der Waals surface area contributed by atoms with Crippen LogP contribution in [0.5, 0.6) is 0 Å². The monoisotopic (exact) mass is 435 g/mol. The second kappa shape index (κ2) is 8.95. The molecule has 14 nitrogen and oxygen atoms in total. The van der Waals surface area contributed by atoms with Gasteiger partial charge < -0.3 is 40.3 Å². The van der Waals surface area contributed by atoms with Gasteiger partial charge in [0.05, 0.1) is 31.7 Å². The van der Waals surface area contributed by atoms with Crippen LogP contribution in [0, 0.1) is 0 Å². The van der Waals surface area contributed by atoms with Crippen molar-refractivity contribution in [2.24, 2.45) is 0 Å². The first-order valence-electron chi connectivity index (χ1n) is 8.61. The van der Waals surface area contributed by atoms with Gasteiger partial charge in [0, 0.05) is 13.0 Å². The Morgan fingerprint density at radius 1 is 1.31 bits per heavy atom. The number of fused-ring (bicyclic) bond motifs is 1. The maximum absolute atomic E-state index is 10.8. The van der Waals surface area contributed by atoms with Gasteiger partial charge in [-0.05, 0) is 0 Å². The SMILES string of the molecule is O=P(O)(O)OC[C@H]1O[C@@H](n2cnc3c(NC[C@@H](O)[C@@H](O)CO)ncnc32)C[C@@H]1O. The number of ether oxygens (including phenoxy) is 1. The van der Waals surface area contributed by atoms with Crippen LogP contribution in [0.2, 0.25) is 0 Å². The molecule has 0 amide bonds. The third kappa shape index (κ3) is 5.25. The van der Waals surface area contributed by atoms with Crippen LogP contribution in [0.4, 0.5) is 5.82 Å². The van der Waals surface area contributed by atoms with E-state index in [0.29, 0.717) is 11.2 Å². The third-order valence-corrected chi connectivity index (χ3v) is 4.88. The molecule has 15 heteroatoms. The first-order chi connectivity index (χ1) is 13.7. The minimum absolute atomic E-state index is 0.0961. The quantitative estimate of drug-likeness (QED) is 0.207. The maximum Gasteiger partial charge on any atom is 0.469 e. The Balaban J connectivity index is 1.72. The average Bonchev–Trinajstić information content (AvgIpc) is 3.26. The van der Waals surface area contributed by atoms with E-state index in [4.69, 9.17) is 19.6 Å². The fourth-order valence-corrected chi connectivity index (χ4v) is 3.20. The van der Waals surface area contributed by atoms with Crippen LogP contribution >= 0.6 is 7.82 Å². The molecule has 0 aromatic carbocycles. The first-order valence-corrected chi connectivity index (χ1v) is 10.1. The molecule has 1 aliphatic rings. The number of rotatable bonds is 9. The van der Waals surface area contributed by atoms with E-state index in [1.807, 2.05) is 0 Å². The zero-order valence-corrected chi connectivity index (χ0v) is 15.9. The van der Waals surface area contributed by atoms with E-state index in [1.54, 1.807) is 0 Å². The lowest BCUT2D eigenvalue weighted by Gasteiger charge is -2.17.